The lowest BCUT2D eigenvalue weighted by Crippen LogP contribution is -2.39. The molecule has 0 N–H and O–H groups in total. The molecule has 1 atom stereocenters. The molecule has 0 spiro atoms. The number of carbonyl (C=O) groups is 2. The number of nitrogens with zero attached hydrogens (tertiary/aromatic N) is 2. The highest BCUT2D eigenvalue weighted by atomic mass is 16.2. The number of anilines is 1. The molecule has 2 amide bonds. The van der Waals surface area contributed by atoms with Crippen LogP contribution in [0.25, 0.3) is 0 Å². The summed E-state index contributed by atoms with van der Waals surface area (Å²) in [6.07, 6.45) is 2.25. The van der Waals surface area contributed by atoms with Gasteiger partial charge in [0.05, 0.1) is 0 Å². The first-order valence-corrected chi connectivity index (χ1v) is 9.36. The van der Waals surface area contributed by atoms with E-state index in [2.05, 4.69) is 6.92 Å². The highest BCUT2D eigenvalue weighted by Crippen LogP contribution is 2.20. The van der Waals surface area contributed by atoms with Crippen molar-refractivity contribution < 1.29 is 9.59 Å². The Morgan fingerprint density at radius 1 is 1.04 bits per heavy atom. The quantitative estimate of drug-likeness (QED) is 0.828. The number of hydrogen-bond donors (Lipinski definition) is 0. The van der Waals surface area contributed by atoms with Crippen LogP contribution in [0.5, 0.6) is 0 Å². The van der Waals surface area contributed by atoms with Crippen LogP contribution < -0.4 is 4.90 Å². The number of hydrogen-bond acceptors (Lipinski definition) is 2. The Balaban J connectivity index is 1.74. The van der Waals surface area contributed by atoms with E-state index in [0.717, 1.165) is 25.2 Å². The smallest absolute Gasteiger partial charge is 0.258 e. The summed E-state index contributed by atoms with van der Waals surface area (Å²) in [5, 5.41) is 0. The first kappa shape index (κ1) is 18.2. The van der Waals surface area contributed by atoms with E-state index in [1.54, 1.807) is 29.2 Å². The first-order chi connectivity index (χ1) is 12.6. The topological polar surface area (TPSA) is 40.6 Å². The molecule has 2 aromatic rings. The lowest BCUT2D eigenvalue weighted by Gasteiger charge is -2.31. The van der Waals surface area contributed by atoms with Gasteiger partial charge in [-0.2, -0.15) is 0 Å². The predicted octanol–water partition coefficient (Wildman–Crippen LogP) is 4.23. The highest BCUT2D eigenvalue weighted by Gasteiger charge is 2.22. The first-order valence-electron chi connectivity index (χ1n) is 9.36. The molecule has 136 valence electrons. The monoisotopic (exact) mass is 350 g/mol. The number of likely N-dealkylation sites (tertiary alicyclic amines) is 1. The van der Waals surface area contributed by atoms with E-state index < -0.39 is 0 Å². The molecule has 0 aliphatic carbocycles. The maximum absolute atomic E-state index is 12.8. The van der Waals surface area contributed by atoms with Crippen molar-refractivity contribution in [1.29, 1.82) is 0 Å². The molecule has 4 nitrogen and oxygen atoms in total. The summed E-state index contributed by atoms with van der Waals surface area (Å²) >= 11 is 0. The van der Waals surface area contributed by atoms with E-state index in [-0.39, 0.29) is 11.8 Å². The molecule has 26 heavy (non-hydrogen) atoms. The molecule has 0 saturated carbocycles. The van der Waals surface area contributed by atoms with Gasteiger partial charge in [0.15, 0.2) is 0 Å². The van der Waals surface area contributed by atoms with Gasteiger partial charge in [-0.25, -0.2) is 0 Å². The fourth-order valence-electron chi connectivity index (χ4n) is 3.52. The Labute approximate surface area is 155 Å². The number of carbonyl (C=O) groups excluding carboxylic acids is 2. The normalized spacial score (nSPS) is 17.0. The van der Waals surface area contributed by atoms with Crippen LogP contribution in [-0.2, 0) is 0 Å². The minimum atomic E-state index is -0.0516. The second-order valence-corrected chi connectivity index (χ2v) is 6.96. The molecular formula is C22H26N2O2. The van der Waals surface area contributed by atoms with E-state index in [0.29, 0.717) is 23.6 Å². The molecule has 1 aliphatic heterocycles. The largest absolute Gasteiger partial charge is 0.338 e. The van der Waals surface area contributed by atoms with Crippen LogP contribution in [0.2, 0.25) is 0 Å². The summed E-state index contributed by atoms with van der Waals surface area (Å²) in [6.45, 7) is 6.37. The molecule has 0 radical (unpaired) electrons. The van der Waals surface area contributed by atoms with E-state index >= 15 is 0 Å². The molecule has 1 unspecified atom stereocenters. The minimum absolute atomic E-state index is 0.0516. The van der Waals surface area contributed by atoms with Crippen LogP contribution in [0.3, 0.4) is 0 Å². The third-order valence-corrected chi connectivity index (χ3v) is 4.95. The van der Waals surface area contributed by atoms with Crippen LogP contribution in [0, 0.1) is 5.92 Å². The van der Waals surface area contributed by atoms with E-state index in [1.807, 2.05) is 42.2 Å². The summed E-state index contributed by atoms with van der Waals surface area (Å²) in [5.74, 6) is 0.563. The Bertz CT molecular complexity index is 755. The van der Waals surface area contributed by atoms with E-state index in [1.165, 1.54) is 6.42 Å². The van der Waals surface area contributed by atoms with E-state index in [9.17, 15) is 9.59 Å². The summed E-state index contributed by atoms with van der Waals surface area (Å²) in [6, 6.07) is 16.7. The van der Waals surface area contributed by atoms with Crippen molar-refractivity contribution in [2.24, 2.45) is 5.92 Å². The average molecular weight is 350 g/mol. The number of piperidine rings is 1. The number of amides is 2. The van der Waals surface area contributed by atoms with Crippen molar-refractivity contribution in [3.8, 4) is 0 Å². The number of rotatable bonds is 4. The van der Waals surface area contributed by atoms with Gasteiger partial charge in [-0.05, 0) is 62.1 Å². The van der Waals surface area contributed by atoms with Crippen molar-refractivity contribution in [3.05, 3.63) is 65.7 Å². The fraction of sp³-hybridized carbons (Fsp3) is 0.364. The van der Waals surface area contributed by atoms with Crippen molar-refractivity contribution in [3.63, 3.8) is 0 Å². The second-order valence-electron chi connectivity index (χ2n) is 6.96. The summed E-state index contributed by atoms with van der Waals surface area (Å²) in [5.41, 5.74) is 2.13. The fourth-order valence-corrected chi connectivity index (χ4v) is 3.52. The molecule has 2 aromatic carbocycles. The Morgan fingerprint density at radius 3 is 2.31 bits per heavy atom. The van der Waals surface area contributed by atoms with Crippen LogP contribution in [0.1, 0.15) is 47.4 Å². The highest BCUT2D eigenvalue weighted by molar-refractivity contribution is 6.06. The zero-order chi connectivity index (χ0) is 18.5. The Morgan fingerprint density at radius 2 is 1.69 bits per heavy atom. The minimum Gasteiger partial charge on any atom is -0.338 e. The molecule has 1 heterocycles. The van der Waals surface area contributed by atoms with Gasteiger partial charge < -0.3 is 9.80 Å². The lowest BCUT2D eigenvalue weighted by atomic mass is 9.99. The van der Waals surface area contributed by atoms with Crippen LogP contribution in [0.4, 0.5) is 5.69 Å². The summed E-state index contributed by atoms with van der Waals surface area (Å²) < 4.78 is 0. The maximum atomic E-state index is 12.8. The molecule has 1 saturated heterocycles. The van der Waals surface area contributed by atoms with Gasteiger partial charge >= 0.3 is 0 Å². The predicted molar refractivity (Wildman–Crippen MR) is 105 cm³/mol. The lowest BCUT2D eigenvalue weighted by molar-refractivity contribution is 0.0682. The van der Waals surface area contributed by atoms with Gasteiger partial charge in [-0.1, -0.05) is 25.1 Å². The SMILES string of the molecule is CCN(C(=O)c1ccc(C(=O)N2CCCC(C)C2)cc1)c1ccccc1. The third kappa shape index (κ3) is 3.96. The Kier molecular flexibility index (Phi) is 5.71. The molecule has 4 heteroatoms. The van der Waals surface area contributed by atoms with E-state index in [4.69, 9.17) is 0 Å². The van der Waals surface area contributed by atoms with Crippen molar-refractivity contribution >= 4 is 17.5 Å². The molecule has 0 aromatic heterocycles. The molecule has 1 aliphatic rings. The molecule has 1 fully saturated rings. The summed E-state index contributed by atoms with van der Waals surface area (Å²) in [7, 11) is 0. The van der Waals surface area contributed by atoms with Gasteiger partial charge in [-0.15, -0.1) is 0 Å². The number of para-hydroxylation sites is 1. The second kappa shape index (κ2) is 8.17. The van der Waals surface area contributed by atoms with Crippen LogP contribution in [-0.4, -0.2) is 36.3 Å². The van der Waals surface area contributed by atoms with Gasteiger partial charge in [-0.3, -0.25) is 9.59 Å². The zero-order valence-electron chi connectivity index (χ0n) is 15.5. The molecule has 0 bridgehead atoms. The number of benzene rings is 2. The average Bonchev–Trinajstić information content (AvgIpc) is 2.69. The molecular weight excluding hydrogens is 324 g/mol. The maximum Gasteiger partial charge on any atom is 0.258 e. The van der Waals surface area contributed by atoms with Crippen molar-refractivity contribution in [2.45, 2.75) is 26.7 Å². The van der Waals surface area contributed by atoms with Gasteiger partial charge in [0.2, 0.25) is 0 Å². The van der Waals surface area contributed by atoms with Gasteiger partial charge in [0.1, 0.15) is 0 Å². The van der Waals surface area contributed by atoms with Crippen LogP contribution in [0.15, 0.2) is 54.6 Å². The Hall–Kier alpha value is -2.62. The van der Waals surface area contributed by atoms with Crippen molar-refractivity contribution in [1.82, 2.24) is 4.90 Å². The standard InChI is InChI=1S/C22H26N2O2/c1-3-24(20-9-5-4-6-10-20)22(26)19-13-11-18(12-14-19)21(25)23-15-7-8-17(2)16-23/h4-6,9-14,17H,3,7-8,15-16H2,1-2H3. The van der Waals surface area contributed by atoms with Gasteiger partial charge in [0, 0.05) is 36.4 Å². The third-order valence-electron chi connectivity index (χ3n) is 4.95. The van der Waals surface area contributed by atoms with Crippen molar-refractivity contribution in [2.75, 3.05) is 24.5 Å². The van der Waals surface area contributed by atoms with Crippen LogP contribution >= 0.6 is 0 Å². The zero-order valence-corrected chi connectivity index (χ0v) is 15.5. The summed E-state index contributed by atoms with van der Waals surface area (Å²) in [4.78, 5) is 29.2. The molecule has 3 rings (SSSR count). The van der Waals surface area contributed by atoms with Gasteiger partial charge in [0.25, 0.3) is 11.8 Å².